The normalized spacial score (nSPS) is 11.2. The van der Waals surface area contributed by atoms with Gasteiger partial charge in [-0.25, -0.2) is 9.97 Å². The van der Waals surface area contributed by atoms with Crippen molar-refractivity contribution in [2.75, 3.05) is 0 Å². The maximum absolute atomic E-state index is 5.01. The quantitative estimate of drug-likeness (QED) is 0.249. The van der Waals surface area contributed by atoms with Gasteiger partial charge in [-0.3, -0.25) is 0 Å². The highest BCUT2D eigenvalue weighted by Crippen LogP contribution is 2.35. The molecule has 2 nitrogen and oxygen atoms in total. The molecule has 2 aromatic heterocycles. The molecule has 0 unspecified atom stereocenters. The molecule has 178 valence electrons. The summed E-state index contributed by atoms with van der Waals surface area (Å²) in [5.41, 5.74) is 10.9. The molecule has 0 radical (unpaired) electrons. The van der Waals surface area contributed by atoms with E-state index in [9.17, 15) is 0 Å². The van der Waals surface area contributed by atoms with Crippen molar-refractivity contribution < 1.29 is 0 Å². The number of benzene rings is 5. The van der Waals surface area contributed by atoms with Crippen LogP contribution in [0, 0.1) is 0 Å². The molecule has 0 aliphatic heterocycles. The predicted octanol–water partition coefficient (Wildman–Crippen LogP) is 9.45. The van der Waals surface area contributed by atoms with Gasteiger partial charge in [-0.15, -0.1) is 0 Å². The summed E-state index contributed by atoms with van der Waals surface area (Å²) in [6, 6.07) is 50.8. The third-order valence-corrected chi connectivity index (χ3v) is 7.08. The zero-order chi connectivity index (χ0) is 25.3. The molecule has 0 amide bonds. The van der Waals surface area contributed by atoms with Crippen LogP contribution in [0.2, 0.25) is 0 Å². The van der Waals surface area contributed by atoms with Crippen LogP contribution >= 0.6 is 0 Å². The fourth-order valence-electron chi connectivity index (χ4n) is 5.17. The molecular weight excluding hydrogens is 460 g/mol. The Labute approximate surface area is 221 Å². The van der Waals surface area contributed by atoms with E-state index in [1.807, 2.05) is 12.1 Å². The Balaban J connectivity index is 1.33. The average molecular weight is 485 g/mol. The topological polar surface area (TPSA) is 25.8 Å². The van der Waals surface area contributed by atoms with Crippen molar-refractivity contribution in [1.29, 1.82) is 0 Å². The number of pyridine rings is 2. The van der Waals surface area contributed by atoms with Crippen LogP contribution in [0.25, 0.3) is 66.6 Å². The number of fused-ring (bicyclic) bond motifs is 2. The predicted molar refractivity (Wildman–Crippen MR) is 159 cm³/mol. The number of rotatable bonds is 4. The summed E-state index contributed by atoms with van der Waals surface area (Å²) in [5, 5.41) is 2.32. The second-order valence-corrected chi connectivity index (χ2v) is 9.45. The summed E-state index contributed by atoms with van der Waals surface area (Å²) < 4.78 is 0. The van der Waals surface area contributed by atoms with Crippen molar-refractivity contribution in [2.24, 2.45) is 0 Å². The Hall–Kier alpha value is -5.08. The molecule has 0 aliphatic rings. The van der Waals surface area contributed by atoms with Gasteiger partial charge in [0.1, 0.15) is 0 Å². The van der Waals surface area contributed by atoms with Gasteiger partial charge < -0.3 is 0 Å². The first-order valence-corrected chi connectivity index (χ1v) is 12.8. The molecule has 7 rings (SSSR count). The first-order chi connectivity index (χ1) is 18.8. The van der Waals surface area contributed by atoms with Gasteiger partial charge in [0.25, 0.3) is 0 Å². The summed E-state index contributed by atoms with van der Waals surface area (Å²) in [6.07, 6.45) is 0. The number of hydrogen-bond acceptors (Lipinski definition) is 2. The molecule has 38 heavy (non-hydrogen) atoms. The minimum Gasteiger partial charge on any atom is -0.248 e. The van der Waals surface area contributed by atoms with Crippen molar-refractivity contribution in [3.05, 3.63) is 146 Å². The minimum absolute atomic E-state index is 0.963. The van der Waals surface area contributed by atoms with Crippen LogP contribution < -0.4 is 0 Å². The number of hydrogen-bond donors (Lipinski definition) is 0. The van der Waals surface area contributed by atoms with Crippen molar-refractivity contribution in [3.63, 3.8) is 0 Å². The Morgan fingerprint density at radius 3 is 1.11 bits per heavy atom. The Kier molecular flexibility index (Phi) is 5.49. The van der Waals surface area contributed by atoms with Crippen molar-refractivity contribution in [2.45, 2.75) is 0 Å². The van der Waals surface area contributed by atoms with E-state index in [0.29, 0.717) is 0 Å². The number of nitrogens with zero attached hydrogens (tertiary/aromatic N) is 2. The van der Waals surface area contributed by atoms with Gasteiger partial charge in [-0.1, -0.05) is 121 Å². The zero-order valence-electron chi connectivity index (χ0n) is 20.8. The van der Waals surface area contributed by atoms with Crippen LogP contribution in [0.1, 0.15) is 0 Å². The largest absolute Gasteiger partial charge is 0.248 e. The molecule has 0 fully saturated rings. The standard InChI is InChI=1S/C36H24N2/c1-3-11-25(12-4-1)31-23-35(37-33-17-9-7-15-29(31)33)27-19-21-28(22-20-27)36-24-32(26-13-5-2-6-14-26)30-16-8-10-18-34(30)38-36/h1-24H. The molecule has 0 spiro atoms. The maximum atomic E-state index is 5.01. The van der Waals surface area contributed by atoms with E-state index in [-0.39, 0.29) is 0 Å². The SMILES string of the molecule is c1ccc(-c2cc(-c3ccc(-c4cc(-c5ccccc5)c5ccccc5n4)cc3)nc3ccccc23)cc1. The minimum atomic E-state index is 0.963. The molecule has 0 atom stereocenters. The molecule has 0 bridgehead atoms. The Morgan fingerprint density at radius 1 is 0.316 bits per heavy atom. The first-order valence-electron chi connectivity index (χ1n) is 12.8. The number of para-hydroxylation sites is 2. The van der Waals surface area contributed by atoms with Gasteiger partial charge >= 0.3 is 0 Å². The fraction of sp³-hybridized carbons (Fsp3) is 0. The zero-order valence-corrected chi connectivity index (χ0v) is 20.8. The van der Waals surface area contributed by atoms with Crippen LogP contribution in [-0.2, 0) is 0 Å². The lowest BCUT2D eigenvalue weighted by atomic mass is 9.96. The molecule has 7 aromatic rings. The van der Waals surface area contributed by atoms with E-state index in [0.717, 1.165) is 44.3 Å². The lowest BCUT2D eigenvalue weighted by Crippen LogP contribution is -1.91. The molecule has 2 heteroatoms. The van der Waals surface area contributed by atoms with Crippen molar-refractivity contribution in [1.82, 2.24) is 9.97 Å². The summed E-state index contributed by atoms with van der Waals surface area (Å²) >= 11 is 0. The van der Waals surface area contributed by atoms with E-state index in [1.54, 1.807) is 0 Å². The maximum Gasteiger partial charge on any atom is 0.0715 e. The Morgan fingerprint density at radius 2 is 0.684 bits per heavy atom. The number of aromatic nitrogens is 2. The highest BCUT2D eigenvalue weighted by Gasteiger charge is 2.12. The summed E-state index contributed by atoms with van der Waals surface area (Å²) in [5.74, 6) is 0. The third-order valence-electron chi connectivity index (χ3n) is 7.08. The van der Waals surface area contributed by atoms with E-state index >= 15 is 0 Å². The summed E-state index contributed by atoms with van der Waals surface area (Å²) in [4.78, 5) is 10.0. The second kappa shape index (κ2) is 9.42. The highest BCUT2D eigenvalue weighted by molar-refractivity contribution is 5.98. The van der Waals surface area contributed by atoms with E-state index in [2.05, 4.69) is 133 Å². The van der Waals surface area contributed by atoms with E-state index in [1.165, 1.54) is 22.3 Å². The van der Waals surface area contributed by atoms with E-state index < -0.39 is 0 Å². The molecular formula is C36H24N2. The molecule has 2 heterocycles. The Bertz CT molecular complexity index is 1750. The van der Waals surface area contributed by atoms with Crippen LogP contribution in [0.5, 0.6) is 0 Å². The lowest BCUT2D eigenvalue weighted by molar-refractivity contribution is 1.38. The lowest BCUT2D eigenvalue weighted by Gasteiger charge is -2.12. The van der Waals surface area contributed by atoms with Crippen LogP contribution in [0.3, 0.4) is 0 Å². The van der Waals surface area contributed by atoms with Crippen LogP contribution in [0.15, 0.2) is 146 Å². The summed E-state index contributed by atoms with van der Waals surface area (Å²) in [6.45, 7) is 0. The molecule has 0 aliphatic carbocycles. The average Bonchev–Trinajstić information content (AvgIpc) is 3.01. The fourth-order valence-corrected chi connectivity index (χ4v) is 5.17. The van der Waals surface area contributed by atoms with Crippen molar-refractivity contribution >= 4 is 21.8 Å². The van der Waals surface area contributed by atoms with Gasteiger partial charge in [-0.2, -0.15) is 0 Å². The third kappa shape index (κ3) is 4.03. The molecule has 0 saturated carbocycles. The van der Waals surface area contributed by atoms with Crippen LogP contribution in [0.4, 0.5) is 0 Å². The monoisotopic (exact) mass is 484 g/mol. The van der Waals surface area contributed by atoms with Gasteiger partial charge in [0.15, 0.2) is 0 Å². The molecule has 0 saturated heterocycles. The van der Waals surface area contributed by atoms with Crippen LogP contribution in [-0.4, -0.2) is 9.97 Å². The molecule has 5 aromatic carbocycles. The summed E-state index contributed by atoms with van der Waals surface area (Å²) in [7, 11) is 0. The van der Waals surface area contributed by atoms with Gasteiger partial charge in [-0.05, 0) is 46.5 Å². The molecule has 0 N–H and O–H groups in total. The highest BCUT2D eigenvalue weighted by atomic mass is 14.7. The van der Waals surface area contributed by atoms with Gasteiger partial charge in [0.05, 0.1) is 22.4 Å². The van der Waals surface area contributed by atoms with Gasteiger partial charge in [0, 0.05) is 21.9 Å². The van der Waals surface area contributed by atoms with Gasteiger partial charge in [0.2, 0.25) is 0 Å². The smallest absolute Gasteiger partial charge is 0.0715 e. The second-order valence-electron chi connectivity index (χ2n) is 9.45. The van der Waals surface area contributed by atoms with Crippen molar-refractivity contribution in [3.8, 4) is 44.8 Å². The first kappa shape index (κ1) is 22.1. The van der Waals surface area contributed by atoms with E-state index in [4.69, 9.17) is 9.97 Å².